The summed E-state index contributed by atoms with van der Waals surface area (Å²) in [5, 5.41) is 10.9. The van der Waals surface area contributed by atoms with Gasteiger partial charge in [-0.3, -0.25) is 4.99 Å². The van der Waals surface area contributed by atoms with E-state index < -0.39 is 0 Å². The number of rotatable bonds is 8. The van der Waals surface area contributed by atoms with Crippen LogP contribution in [0.1, 0.15) is 18.4 Å². The maximum atomic E-state index is 4.33. The van der Waals surface area contributed by atoms with E-state index in [1.165, 1.54) is 12.2 Å². The molecule has 0 aliphatic carbocycles. The van der Waals surface area contributed by atoms with E-state index in [4.69, 9.17) is 0 Å². The topological polar surface area (TPSA) is 67.1 Å². The lowest BCUT2D eigenvalue weighted by atomic mass is 10.2. The third kappa shape index (κ3) is 5.94. The second kappa shape index (κ2) is 9.89. The zero-order valence-electron chi connectivity index (χ0n) is 13.7. The molecule has 7 heteroatoms. The molecular formula is C16H24N6S. The first-order valence-electron chi connectivity index (χ1n) is 7.72. The number of nitrogens with one attached hydrogen (secondary N) is 2. The van der Waals surface area contributed by atoms with Gasteiger partial charge in [-0.05, 0) is 48.6 Å². The summed E-state index contributed by atoms with van der Waals surface area (Å²) in [7, 11) is 1.79. The summed E-state index contributed by atoms with van der Waals surface area (Å²) < 4.78 is 1.75. The van der Waals surface area contributed by atoms with Gasteiger partial charge in [0.25, 0.3) is 0 Å². The SMILES string of the molecule is CN=C(NCCCCSC)NCc1ccnc(-n2cccn2)c1. The number of unbranched alkanes of at least 4 members (excludes halogenated alkanes) is 1. The van der Waals surface area contributed by atoms with Crippen LogP contribution in [0.4, 0.5) is 0 Å². The Morgan fingerprint density at radius 1 is 1.30 bits per heavy atom. The van der Waals surface area contributed by atoms with Crippen LogP contribution < -0.4 is 10.6 Å². The monoisotopic (exact) mass is 332 g/mol. The Morgan fingerprint density at radius 3 is 2.96 bits per heavy atom. The van der Waals surface area contributed by atoms with E-state index in [-0.39, 0.29) is 0 Å². The summed E-state index contributed by atoms with van der Waals surface area (Å²) in [6.45, 7) is 1.64. The fraction of sp³-hybridized carbons (Fsp3) is 0.438. The van der Waals surface area contributed by atoms with Gasteiger partial charge in [0.15, 0.2) is 11.8 Å². The number of aromatic nitrogens is 3. The number of aliphatic imine (C=N–C) groups is 1. The van der Waals surface area contributed by atoms with Crippen LogP contribution in [0, 0.1) is 0 Å². The lowest BCUT2D eigenvalue weighted by Gasteiger charge is -2.12. The molecule has 0 aliphatic heterocycles. The van der Waals surface area contributed by atoms with Gasteiger partial charge in [-0.15, -0.1) is 0 Å². The Morgan fingerprint density at radius 2 is 2.22 bits per heavy atom. The van der Waals surface area contributed by atoms with Crippen molar-refractivity contribution in [2.24, 2.45) is 4.99 Å². The van der Waals surface area contributed by atoms with Crippen LogP contribution in [0.3, 0.4) is 0 Å². The van der Waals surface area contributed by atoms with Crippen molar-refractivity contribution in [3.8, 4) is 5.82 Å². The van der Waals surface area contributed by atoms with Crippen LogP contribution in [-0.2, 0) is 6.54 Å². The van der Waals surface area contributed by atoms with Crippen molar-refractivity contribution < 1.29 is 0 Å². The highest BCUT2D eigenvalue weighted by atomic mass is 32.2. The largest absolute Gasteiger partial charge is 0.356 e. The molecule has 0 unspecified atom stereocenters. The quantitative estimate of drug-likeness (QED) is 0.440. The van der Waals surface area contributed by atoms with Crippen LogP contribution in [-0.4, -0.2) is 46.3 Å². The van der Waals surface area contributed by atoms with Crippen LogP contribution in [0.5, 0.6) is 0 Å². The number of hydrogen-bond donors (Lipinski definition) is 2. The lowest BCUT2D eigenvalue weighted by Crippen LogP contribution is -2.37. The molecule has 0 radical (unpaired) electrons. The Balaban J connectivity index is 1.81. The summed E-state index contributed by atoms with van der Waals surface area (Å²) in [6, 6.07) is 5.90. The molecule has 2 aromatic heterocycles. The molecule has 0 aromatic carbocycles. The van der Waals surface area contributed by atoms with Crippen molar-refractivity contribution in [1.29, 1.82) is 0 Å². The Labute approximate surface area is 141 Å². The molecule has 23 heavy (non-hydrogen) atoms. The molecule has 0 amide bonds. The first-order chi connectivity index (χ1) is 11.3. The summed E-state index contributed by atoms with van der Waals surface area (Å²) in [4.78, 5) is 8.58. The highest BCUT2D eigenvalue weighted by molar-refractivity contribution is 7.98. The second-order valence-electron chi connectivity index (χ2n) is 5.03. The van der Waals surface area contributed by atoms with Gasteiger partial charge in [0.05, 0.1) is 0 Å². The van der Waals surface area contributed by atoms with Crippen LogP contribution >= 0.6 is 11.8 Å². The number of nitrogens with zero attached hydrogens (tertiary/aromatic N) is 4. The van der Waals surface area contributed by atoms with Gasteiger partial charge < -0.3 is 10.6 Å². The van der Waals surface area contributed by atoms with Crippen LogP contribution in [0.25, 0.3) is 5.82 Å². The molecular weight excluding hydrogens is 308 g/mol. The first-order valence-corrected chi connectivity index (χ1v) is 9.11. The molecule has 6 nitrogen and oxygen atoms in total. The predicted octanol–water partition coefficient (Wildman–Crippen LogP) is 2.08. The normalized spacial score (nSPS) is 11.5. The smallest absolute Gasteiger partial charge is 0.191 e. The second-order valence-corrected chi connectivity index (χ2v) is 6.01. The van der Waals surface area contributed by atoms with Gasteiger partial charge in [0, 0.05) is 38.7 Å². The molecule has 0 saturated heterocycles. The zero-order chi connectivity index (χ0) is 16.3. The van der Waals surface area contributed by atoms with E-state index in [2.05, 4.69) is 32.0 Å². The highest BCUT2D eigenvalue weighted by Crippen LogP contribution is 2.06. The molecule has 0 saturated carbocycles. The molecule has 0 aliphatic rings. The Hall–Kier alpha value is -2.02. The van der Waals surface area contributed by atoms with Crippen LogP contribution in [0.2, 0.25) is 0 Å². The Kier molecular flexibility index (Phi) is 7.45. The van der Waals surface area contributed by atoms with Gasteiger partial charge in [-0.1, -0.05) is 0 Å². The van der Waals surface area contributed by atoms with Crippen molar-refractivity contribution in [1.82, 2.24) is 25.4 Å². The summed E-state index contributed by atoms with van der Waals surface area (Å²) in [5.41, 5.74) is 1.14. The fourth-order valence-corrected chi connectivity index (χ4v) is 2.58. The van der Waals surface area contributed by atoms with Crippen LogP contribution in [0.15, 0.2) is 41.8 Å². The minimum atomic E-state index is 0.696. The van der Waals surface area contributed by atoms with Gasteiger partial charge >= 0.3 is 0 Å². The third-order valence-corrected chi connectivity index (χ3v) is 4.00. The standard InChI is InChI=1S/C16H24N6S/c1-17-16(19-7-3-4-11-23-2)20-13-14-6-9-18-15(12-14)22-10-5-8-21-22/h5-6,8-10,12H,3-4,7,11,13H2,1-2H3,(H2,17,19,20). The average molecular weight is 332 g/mol. The first kappa shape index (κ1) is 17.3. The van der Waals surface area contributed by atoms with E-state index >= 15 is 0 Å². The van der Waals surface area contributed by atoms with E-state index in [1.807, 2.05) is 36.2 Å². The summed E-state index contributed by atoms with van der Waals surface area (Å²) in [5.74, 6) is 2.85. The lowest BCUT2D eigenvalue weighted by molar-refractivity contribution is 0.732. The van der Waals surface area contributed by atoms with Gasteiger partial charge in [-0.2, -0.15) is 16.9 Å². The summed E-state index contributed by atoms with van der Waals surface area (Å²) in [6.07, 6.45) is 9.94. The maximum absolute atomic E-state index is 4.33. The van der Waals surface area contributed by atoms with Crippen molar-refractivity contribution in [2.45, 2.75) is 19.4 Å². The van der Waals surface area contributed by atoms with E-state index in [9.17, 15) is 0 Å². The fourth-order valence-electron chi connectivity index (χ4n) is 2.08. The summed E-state index contributed by atoms with van der Waals surface area (Å²) >= 11 is 1.89. The molecule has 0 spiro atoms. The van der Waals surface area contributed by atoms with E-state index in [0.29, 0.717) is 6.54 Å². The average Bonchev–Trinajstić information content (AvgIpc) is 3.12. The number of pyridine rings is 1. The van der Waals surface area contributed by atoms with Gasteiger partial charge in [0.1, 0.15) is 0 Å². The Bertz CT molecular complexity index is 596. The zero-order valence-corrected chi connectivity index (χ0v) is 14.5. The van der Waals surface area contributed by atoms with Crippen molar-refractivity contribution in [2.75, 3.05) is 25.6 Å². The van der Waals surface area contributed by atoms with Gasteiger partial charge in [-0.25, -0.2) is 9.67 Å². The van der Waals surface area contributed by atoms with E-state index in [0.717, 1.165) is 30.3 Å². The molecule has 2 aromatic rings. The molecule has 0 atom stereocenters. The molecule has 2 rings (SSSR count). The molecule has 124 valence electrons. The van der Waals surface area contributed by atoms with Crippen molar-refractivity contribution >= 4 is 17.7 Å². The van der Waals surface area contributed by atoms with Crippen molar-refractivity contribution in [3.05, 3.63) is 42.4 Å². The van der Waals surface area contributed by atoms with Crippen molar-refractivity contribution in [3.63, 3.8) is 0 Å². The number of thioether (sulfide) groups is 1. The highest BCUT2D eigenvalue weighted by Gasteiger charge is 2.02. The minimum Gasteiger partial charge on any atom is -0.356 e. The maximum Gasteiger partial charge on any atom is 0.191 e. The molecule has 0 bridgehead atoms. The van der Waals surface area contributed by atoms with E-state index in [1.54, 1.807) is 24.1 Å². The number of guanidine groups is 1. The molecule has 2 N–H and O–H groups in total. The molecule has 0 fully saturated rings. The predicted molar refractivity (Wildman–Crippen MR) is 97.2 cm³/mol. The third-order valence-electron chi connectivity index (χ3n) is 3.30. The minimum absolute atomic E-state index is 0.696. The number of hydrogen-bond acceptors (Lipinski definition) is 4. The van der Waals surface area contributed by atoms with Gasteiger partial charge in [0.2, 0.25) is 0 Å². The molecule has 2 heterocycles.